The lowest BCUT2D eigenvalue weighted by Crippen LogP contribution is -2.05. The number of benzene rings is 1. The molecule has 0 fully saturated rings. The number of carbonyl (C=O) groups is 1. The lowest BCUT2D eigenvalue weighted by Gasteiger charge is -2.08. The predicted molar refractivity (Wildman–Crippen MR) is 69.2 cm³/mol. The Bertz CT molecular complexity index is 567. The van der Waals surface area contributed by atoms with E-state index < -0.39 is 0 Å². The third kappa shape index (κ3) is 2.16. The number of rotatable bonds is 4. The third-order valence-electron chi connectivity index (χ3n) is 2.91. The van der Waals surface area contributed by atoms with Gasteiger partial charge in [-0.05, 0) is 25.1 Å². The van der Waals surface area contributed by atoms with Gasteiger partial charge in [-0.15, -0.1) is 0 Å². The Morgan fingerprint density at radius 1 is 1.28 bits per heavy atom. The molecule has 94 valence electrons. The Morgan fingerprint density at radius 2 is 2.06 bits per heavy atom. The van der Waals surface area contributed by atoms with Gasteiger partial charge in [0.15, 0.2) is 5.78 Å². The Balaban J connectivity index is 2.48. The molecule has 0 spiro atoms. The van der Waals surface area contributed by atoms with Gasteiger partial charge in [0.2, 0.25) is 0 Å². The summed E-state index contributed by atoms with van der Waals surface area (Å²) in [7, 11) is 1.57. The van der Waals surface area contributed by atoms with Crippen LogP contribution >= 0.6 is 0 Å². The van der Waals surface area contributed by atoms with Crippen molar-refractivity contribution in [2.24, 2.45) is 0 Å². The van der Waals surface area contributed by atoms with Gasteiger partial charge in [0.25, 0.3) is 0 Å². The van der Waals surface area contributed by atoms with Gasteiger partial charge >= 0.3 is 0 Å². The molecule has 1 aromatic heterocycles. The van der Waals surface area contributed by atoms with Crippen molar-refractivity contribution in [1.82, 2.24) is 0 Å². The van der Waals surface area contributed by atoms with Crippen LogP contribution in [0.3, 0.4) is 0 Å². The zero-order valence-electron chi connectivity index (χ0n) is 10.8. The molecule has 0 amide bonds. The number of aryl methyl sites for hydroxylation is 2. The molecule has 1 aromatic carbocycles. The number of methoxy groups -OCH3 is 1. The molecule has 2 rings (SSSR count). The molecule has 0 unspecified atom stereocenters. The summed E-state index contributed by atoms with van der Waals surface area (Å²) in [5.41, 5.74) is 2.22. The summed E-state index contributed by atoms with van der Waals surface area (Å²) in [4.78, 5) is 12.5. The second kappa shape index (κ2) is 5.08. The van der Waals surface area contributed by atoms with Crippen LogP contribution in [0, 0.1) is 6.92 Å². The Labute approximate surface area is 106 Å². The fourth-order valence-corrected chi connectivity index (χ4v) is 1.96. The Hall–Kier alpha value is -2.03. The second-order valence-electron chi connectivity index (χ2n) is 4.14. The zero-order chi connectivity index (χ0) is 13.1. The van der Waals surface area contributed by atoms with E-state index in [-0.39, 0.29) is 5.78 Å². The molecule has 3 nitrogen and oxygen atoms in total. The van der Waals surface area contributed by atoms with Crippen molar-refractivity contribution in [3.63, 3.8) is 0 Å². The highest BCUT2D eigenvalue weighted by Crippen LogP contribution is 2.25. The summed E-state index contributed by atoms with van der Waals surface area (Å²) >= 11 is 0. The molecule has 0 saturated heterocycles. The van der Waals surface area contributed by atoms with Gasteiger partial charge in [0, 0.05) is 6.42 Å². The molecule has 2 aromatic rings. The van der Waals surface area contributed by atoms with Crippen molar-refractivity contribution in [3.05, 3.63) is 53.0 Å². The number of hydrogen-bond acceptors (Lipinski definition) is 3. The van der Waals surface area contributed by atoms with Gasteiger partial charge in [-0.3, -0.25) is 4.79 Å². The van der Waals surface area contributed by atoms with Crippen molar-refractivity contribution in [2.75, 3.05) is 7.11 Å². The van der Waals surface area contributed by atoms with Gasteiger partial charge in [-0.25, -0.2) is 0 Å². The van der Waals surface area contributed by atoms with Crippen molar-refractivity contribution in [2.45, 2.75) is 20.3 Å². The fraction of sp³-hybridized carbons (Fsp3) is 0.267. The summed E-state index contributed by atoms with van der Waals surface area (Å²) in [6, 6.07) is 7.29. The van der Waals surface area contributed by atoms with E-state index in [9.17, 15) is 4.79 Å². The van der Waals surface area contributed by atoms with E-state index in [4.69, 9.17) is 9.15 Å². The molecule has 0 atom stereocenters. The van der Waals surface area contributed by atoms with Crippen LogP contribution in [-0.4, -0.2) is 12.9 Å². The van der Waals surface area contributed by atoms with Crippen LogP contribution in [0.1, 0.15) is 34.2 Å². The highest BCUT2D eigenvalue weighted by molar-refractivity contribution is 6.11. The van der Waals surface area contributed by atoms with Gasteiger partial charge in [-0.1, -0.05) is 18.6 Å². The first-order valence-electron chi connectivity index (χ1n) is 5.93. The largest absolute Gasteiger partial charge is 0.496 e. The summed E-state index contributed by atoms with van der Waals surface area (Å²) in [6.45, 7) is 3.91. The van der Waals surface area contributed by atoms with Crippen LogP contribution in [0.4, 0.5) is 0 Å². The summed E-state index contributed by atoms with van der Waals surface area (Å²) in [5, 5.41) is 0. The SMILES string of the molecule is CCc1occc1C(=O)c1cc(C)ccc1OC. The highest BCUT2D eigenvalue weighted by atomic mass is 16.5. The van der Waals surface area contributed by atoms with Gasteiger partial charge in [-0.2, -0.15) is 0 Å². The first-order chi connectivity index (χ1) is 8.67. The van der Waals surface area contributed by atoms with Crippen LogP contribution in [-0.2, 0) is 6.42 Å². The molecule has 0 radical (unpaired) electrons. The molecule has 0 saturated carbocycles. The monoisotopic (exact) mass is 244 g/mol. The first-order valence-corrected chi connectivity index (χ1v) is 5.93. The minimum absolute atomic E-state index is 0.0545. The standard InChI is InChI=1S/C15H16O3/c1-4-13-11(7-8-18-13)15(16)12-9-10(2)5-6-14(12)17-3/h5-9H,4H2,1-3H3. The zero-order valence-corrected chi connectivity index (χ0v) is 10.8. The number of ether oxygens (including phenoxy) is 1. The van der Waals surface area contributed by atoms with E-state index in [1.165, 1.54) is 0 Å². The second-order valence-corrected chi connectivity index (χ2v) is 4.14. The molecule has 0 aliphatic rings. The fourth-order valence-electron chi connectivity index (χ4n) is 1.96. The maximum atomic E-state index is 12.5. The number of hydrogen-bond donors (Lipinski definition) is 0. The summed E-state index contributed by atoms with van der Waals surface area (Å²) < 4.78 is 10.5. The molecule has 18 heavy (non-hydrogen) atoms. The molecule has 0 aliphatic carbocycles. The molecule has 0 bridgehead atoms. The van der Waals surface area contributed by atoms with Gasteiger partial charge in [0.1, 0.15) is 11.5 Å². The van der Waals surface area contributed by atoms with Crippen LogP contribution in [0.5, 0.6) is 5.75 Å². The van der Waals surface area contributed by atoms with Crippen LogP contribution < -0.4 is 4.74 Å². The lowest BCUT2D eigenvalue weighted by molar-refractivity contribution is 0.103. The Kier molecular flexibility index (Phi) is 3.51. The van der Waals surface area contributed by atoms with E-state index in [0.717, 1.165) is 5.56 Å². The van der Waals surface area contributed by atoms with Crippen LogP contribution in [0.15, 0.2) is 34.9 Å². The molecular weight excluding hydrogens is 228 g/mol. The van der Waals surface area contributed by atoms with Gasteiger partial charge < -0.3 is 9.15 Å². The van der Waals surface area contributed by atoms with Crippen LogP contribution in [0.25, 0.3) is 0 Å². The topological polar surface area (TPSA) is 39.4 Å². The van der Waals surface area contributed by atoms with Crippen molar-refractivity contribution in [1.29, 1.82) is 0 Å². The normalized spacial score (nSPS) is 10.4. The van der Waals surface area contributed by atoms with Crippen molar-refractivity contribution < 1.29 is 13.9 Å². The first kappa shape index (κ1) is 12.4. The molecular formula is C15H16O3. The third-order valence-corrected chi connectivity index (χ3v) is 2.91. The number of ketones is 1. The quantitative estimate of drug-likeness (QED) is 0.774. The minimum Gasteiger partial charge on any atom is -0.496 e. The molecule has 0 N–H and O–H groups in total. The van der Waals surface area contributed by atoms with E-state index in [0.29, 0.717) is 29.1 Å². The number of furan rings is 1. The molecule has 0 aliphatic heterocycles. The Morgan fingerprint density at radius 3 is 2.72 bits per heavy atom. The average Bonchev–Trinajstić information content (AvgIpc) is 2.86. The summed E-state index contributed by atoms with van der Waals surface area (Å²) in [5.74, 6) is 1.25. The van der Waals surface area contributed by atoms with Crippen molar-refractivity contribution in [3.8, 4) is 5.75 Å². The van der Waals surface area contributed by atoms with Gasteiger partial charge in [0.05, 0.1) is 24.5 Å². The highest BCUT2D eigenvalue weighted by Gasteiger charge is 2.19. The van der Waals surface area contributed by atoms with E-state index >= 15 is 0 Å². The van der Waals surface area contributed by atoms with Crippen molar-refractivity contribution >= 4 is 5.78 Å². The van der Waals surface area contributed by atoms with Crippen LogP contribution in [0.2, 0.25) is 0 Å². The van der Waals surface area contributed by atoms with E-state index in [2.05, 4.69) is 0 Å². The summed E-state index contributed by atoms with van der Waals surface area (Å²) in [6.07, 6.45) is 2.25. The van der Waals surface area contributed by atoms with E-state index in [1.807, 2.05) is 32.0 Å². The molecule has 1 heterocycles. The van der Waals surface area contributed by atoms with E-state index in [1.54, 1.807) is 19.4 Å². The minimum atomic E-state index is -0.0545. The molecule has 3 heteroatoms. The predicted octanol–water partition coefficient (Wildman–Crippen LogP) is 3.39. The maximum Gasteiger partial charge on any atom is 0.200 e. The number of carbonyl (C=O) groups excluding carboxylic acids is 1. The average molecular weight is 244 g/mol. The smallest absolute Gasteiger partial charge is 0.200 e. The maximum absolute atomic E-state index is 12.5. The lowest BCUT2D eigenvalue weighted by atomic mass is 10.0.